The van der Waals surface area contributed by atoms with Crippen molar-refractivity contribution in [2.75, 3.05) is 37.6 Å². The fourth-order valence-corrected chi connectivity index (χ4v) is 5.03. The van der Waals surface area contributed by atoms with Crippen molar-refractivity contribution in [1.29, 1.82) is 0 Å². The van der Waals surface area contributed by atoms with E-state index >= 15 is 0 Å². The minimum Gasteiger partial charge on any atom is -0.444 e. The Bertz CT molecular complexity index is 1480. The largest absolute Gasteiger partial charge is 0.490 e. The molecule has 0 aliphatic carbocycles. The van der Waals surface area contributed by atoms with Crippen LogP contribution in [0.25, 0.3) is 5.57 Å². The average molecular weight is 774 g/mol. The van der Waals surface area contributed by atoms with Crippen molar-refractivity contribution in [2.24, 2.45) is 0 Å². The third-order valence-electron chi connectivity index (χ3n) is 8.22. The lowest BCUT2D eigenvalue weighted by Gasteiger charge is -2.32. The van der Waals surface area contributed by atoms with Crippen LogP contribution in [-0.2, 0) is 18.8 Å². The number of carbonyl (C=O) groups is 2. The predicted molar refractivity (Wildman–Crippen MR) is 209 cm³/mol. The van der Waals surface area contributed by atoms with E-state index in [4.69, 9.17) is 30.2 Å². The molecule has 282 valence electrons. The second-order valence-corrected chi connectivity index (χ2v) is 16.2. The first kappa shape index (κ1) is 43.5. The summed E-state index contributed by atoms with van der Waals surface area (Å²) in [5.41, 5.74) is 12.6. The maximum absolute atomic E-state index is 12.1. The molecule has 4 N–H and O–H groups in total. The first-order valence-corrected chi connectivity index (χ1v) is 17.6. The number of anilines is 2. The summed E-state index contributed by atoms with van der Waals surface area (Å²) in [6.45, 7) is 21.8. The SMILES string of the molecule is C.CC(C)(C)OC(=O)N1CC=C(B2OC(C)(C)C(C)(C)O2)CC1.CC(C)(C)OC(=O)N1CC=C(c2ccc(N)nc2)CC1.Nc1ccc(Br)cn1. The number of carbonyl (C=O) groups excluding carboxylic acids is 2. The quantitative estimate of drug-likeness (QED) is 0.288. The van der Waals surface area contributed by atoms with Gasteiger partial charge in [0.2, 0.25) is 0 Å². The highest BCUT2D eigenvalue weighted by molar-refractivity contribution is 9.10. The van der Waals surface area contributed by atoms with Crippen molar-refractivity contribution in [3.05, 3.63) is 64.3 Å². The van der Waals surface area contributed by atoms with E-state index in [1.54, 1.807) is 34.3 Å². The topological polar surface area (TPSA) is 155 Å². The van der Waals surface area contributed by atoms with Crippen molar-refractivity contribution in [2.45, 2.75) is 112 Å². The van der Waals surface area contributed by atoms with E-state index in [9.17, 15) is 9.59 Å². The van der Waals surface area contributed by atoms with Crippen LogP contribution in [0, 0.1) is 0 Å². The van der Waals surface area contributed by atoms with Gasteiger partial charge < -0.3 is 40.0 Å². The molecule has 0 saturated carbocycles. The molecule has 2 aromatic heterocycles. The van der Waals surface area contributed by atoms with Gasteiger partial charge in [-0.2, -0.15) is 0 Å². The molecular formula is C37H58BBrN6O6. The minimum absolute atomic E-state index is 0. The first-order chi connectivity index (χ1) is 23.0. The maximum atomic E-state index is 12.1. The molecule has 1 saturated heterocycles. The lowest BCUT2D eigenvalue weighted by Crippen LogP contribution is -2.41. The summed E-state index contributed by atoms with van der Waals surface area (Å²) in [6, 6.07) is 7.33. The number of hydrogen-bond acceptors (Lipinski definition) is 10. The van der Waals surface area contributed by atoms with Crippen LogP contribution in [0.15, 0.2) is 58.8 Å². The molecule has 3 aliphatic heterocycles. The van der Waals surface area contributed by atoms with Crippen LogP contribution in [0.3, 0.4) is 0 Å². The number of rotatable bonds is 2. The van der Waals surface area contributed by atoms with Gasteiger partial charge in [-0.15, -0.1) is 0 Å². The van der Waals surface area contributed by atoms with E-state index in [0.29, 0.717) is 37.8 Å². The molecule has 2 amide bonds. The normalized spacial score (nSPS) is 18.1. The Hall–Kier alpha value is -3.62. The van der Waals surface area contributed by atoms with Crippen LogP contribution >= 0.6 is 15.9 Å². The van der Waals surface area contributed by atoms with Gasteiger partial charge in [0.15, 0.2) is 0 Å². The molecule has 0 aromatic carbocycles. The van der Waals surface area contributed by atoms with E-state index in [1.807, 2.05) is 93.5 Å². The molecule has 5 heterocycles. The highest BCUT2D eigenvalue weighted by Crippen LogP contribution is 2.39. The van der Waals surface area contributed by atoms with Crippen LogP contribution in [0.2, 0.25) is 0 Å². The van der Waals surface area contributed by atoms with Crippen molar-refractivity contribution in [3.8, 4) is 0 Å². The van der Waals surface area contributed by atoms with Gasteiger partial charge in [0, 0.05) is 43.0 Å². The van der Waals surface area contributed by atoms with E-state index in [0.717, 1.165) is 28.4 Å². The number of halogens is 1. The molecule has 12 nitrogen and oxygen atoms in total. The number of nitrogen functional groups attached to an aromatic ring is 2. The molecule has 14 heteroatoms. The van der Waals surface area contributed by atoms with E-state index < -0.39 is 11.2 Å². The Morgan fingerprint density at radius 3 is 1.61 bits per heavy atom. The van der Waals surface area contributed by atoms with Crippen LogP contribution in [0.5, 0.6) is 0 Å². The number of nitrogens with zero attached hydrogens (tertiary/aromatic N) is 4. The number of nitrogens with two attached hydrogens (primary N) is 2. The highest BCUT2D eigenvalue weighted by Gasteiger charge is 2.52. The van der Waals surface area contributed by atoms with Gasteiger partial charge in [0.05, 0.1) is 11.2 Å². The van der Waals surface area contributed by atoms with Crippen LogP contribution in [-0.4, -0.2) is 87.7 Å². The monoisotopic (exact) mass is 772 g/mol. The highest BCUT2D eigenvalue weighted by atomic mass is 79.9. The summed E-state index contributed by atoms with van der Waals surface area (Å²) in [6.07, 6.45) is 8.51. The lowest BCUT2D eigenvalue weighted by atomic mass is 9.75. The zero-order valence-electron chi connectivity index (χ0n) is 31.2. The van der Waals surface area contributed by atoms with E-state index in [1.165, 1.54) is 5.57 Å². The van der Waals surface area contributed by atoms with Crippen LogP contribution < -0.4 is 11.5 Å². The Morgan fingerprint density at radius 2 is 1.25 bits per heavy atom. The molecule has 1 fully saturated rings. The molecule has 0 atom stereocenters. The van der Waals surface area contributed by atoms with Crippen molar-refractivity contribution >= 4 is 52.4 Å². The summed E-state index contributed by atoms with van der Waals surface area (Å²) in [7, 11) is -0.314. The molecule has 3 aliphatic rings. The Balaban J connectivity index is 0.000000287. The lowest BCUT2D eigenvalue weighted by molar-refractivity contribution is 0.00578. The van der Waals surface area contributed by atoms with Crippen molar-refractivity contribution in [1.82, 2.24) is 19.8 Å². The number of hydrogen-bond donors (Lipinski definition) is 2. The smallest absolute Gasteiger partial charge is 0.444 e. The van der Waals surface area contributed by atoms with E-state index in [2.05, 4.69) is 25.9 Å². The molecule has 51 heavy (non-hydrogen) atoms. The van der Waals surface area contributed by atoms with Crippen LogP contribution in [0.4, 0.5) is 21.2 Å². The Morgan fingerprint density at radius 1 is 0.784 bits per heavy atom. The second kappa shape index (κ2) is 17.7. The summed E-state index contributed by atoms with van der Waals surface area (Å²) in [5.74, 6) is 1.06. The molecule has 0 spiro atoms. The zero-order valence-corrected chi connectivity index (χ0v) is 32.8. The van der Waals surface area contributed by atoms with Gasteiger partial charge in [-0.3, -0.25) is 0 Å². The second-order valence-electron chi connectivity index (χ2n) is 15.3. The van der Waals surface area contributed by atoms with Gasteiger partial charge >= 0.3 is 19.3 Å². The number of amides is 2. The number of pyridine rings is 2. The Labute approximate surface area is 313 Å². The van der Waals surface area contributed by atoms with Gasteiger partial charge in [-0.25, -0.2) is 19.6 Å². The number of aromatic nitrogens is 2. The summed E-state index contributed by atoms with van der Waals surface area (Å²) in [5, 5.41) is 0. The van der Waals surface area contributed by atoms with Gasteiger partial charge in [0.25, 0.3) is 0 Å². The molecular weight excluding hydrogens is 715 g/mol. The van der Waals surface area contributed by atoms with Gasteiger partial charge in [-0.05, 0) is 139 Å². The third kappa shape index (κ3) is 13.8. The molecule has 0 radical (unpaired) electrons. The Kier molecular flexibility index (Phi) is 15.1. The van der Waals surface area contributed by atoms with Crippen molar-refractivity contribution < 1.29 is 28.4 Å². The fourth-order valence-electron chi connectivity index (χ4n) is 4.79. The summed E-state index contributed by atoms with van der Waals surface area (Å²) >= 11 is 3.23. The fraction of sp³-hybridized carbons (Fsp3) is 0.568. The van der Waals surface area contributed by atoms with Crippen molar-refractivity contribution in [3.63, 3.8) is 0 Å². The average Bonchev–Trinajstić information content (AvgIpc) is 3.24. The summed E-state index contributed by atoms with van der Waals surface area (Å²) < 4.78 is 23.8. The molecule has 0 bridgehead atoms. The third-order valence-corrected chi connectivity index (χ3v) is 8.69. The summed E-state index contributed by atoms with van der Waals surface area (Å²) in [4.78, 5) is 35.3. The zero-order chi connectivity index (χ0) is 37.5. The van der Waals surface area contributed by atoms with Crippen LogP contribution in [0.1, 0.15) is 95.1 Å². The first-order valence-electron chi connectivity index (χ1n) is 16.8. The standard InChI is InChI=1S/C16H28BNO4.C15H21N3O2.C5H5BrN2.CH4/c1-14(2,3)20-13(19)18-10-8-12(9-11-18)17-21-15(4,5)16(6,7)22-17;1-15(2,3)20-14(19)18-8-6-11(7-9-18)12-4-5-13(16)17-10-12;6-4-1-2-5(7)8-3-4;/h8H,9-11H2,1-7H3;4-6,10H,7-9H2,1-3H3,(H2,16,17);1-3H,(H2,7,8);1H4. The van der Waals surface area contributed by atoms with E-state index in [-0.39, 0.29) is 37.9 Å². The molecule has 0 unspecified atom stereocenters. The van der Waals surface area contributed by atoms with Gasteiger partial charge in [-0.1, -0.05) is 19.6 Å². The number of ether oxygens (including phenoxy) is 2. The molecule has 5 rings (SSSR count). The molecule has 2 aromatic rings. The maximum Gasteiger partial charge on any atom is 0.490 e. The van der Waals surface area contributed by atoms with Gasteiger partial charge in [0.1, 0.15) is 22.8 Å². The minimum atomic E-state index is -0.465. The predicted octanol–water partition coefficient (Wildman–Crippen LogP) is 7.94.